The third-order valence-electron chi connectivity index (χ3n) is 2.01. The third-order valence-corrected chi connectivity index (χ3v) is 2.01. The minimum Gasteiger partial charge on any atom is -0.547 e. The van der Waals surface area contributed by atoms with Gasteiger partial charge in [-0.25, -0.2) is 4.98 Å². The first kappa shape index (κ1) is 20.8. The SMILES string of the molecule is CCCCC(O)C(=O)[O-].O=C([O-])C=Cc1c[nH]cn1.[Zn+2]. The van der Waals surface area contributed by atoms with Gasteiger partial charge in [-0.15, -0.1) is 0 Å². The van der Waals surface area contributed by atoms with Gasteiger partial charge < -0.3 is 29.9 Å². The second kappa shape index (κ2) is 12.5. The van der Waals surface area contributed by atoms with Crippen LogP contribution in [0.2, 0.25) is 0 Å². The Labute approximate surface area is 129 Å². The molecule has 0 spiro atoms. The number of imidazole rings is 1. The number of nitrogens with one attached hydrogen (secondary N) is 1. The van der Waals surface area contributed by atoms with Crippen LogP contribution in [0.15, 0.2) is 18.6 Å². The molecule has 20 heavy (non-hydrogen) atoms. The number of carbonyl (C=O) groups excluding carboxylic acids is 2. The molecule has 1 aromatic heterocycles. The van der Waals surface area contributed by atoms with E-state index in [0.717, 1.165) is 18.9 Å². The van der Waals surface area contributed by atoms with Gasteiger partial charge in [-0.1, -0.05) is 19.8 Å². The van der Waals surface area contributed by atoms with Crippen molar-refractivity contribution in [3.05, 3.63) is 24.3 Å². The normalized spacial score (nSPS) is 11.1. The van der Waals surface area contributed by atoms with Crippen LogP contribution in [-0.2, 0) is 29.1 Å². The van der Waals surface area contributed by atoms with Crippen molar-refractivity contribution in [3.8, 4) is 0 Å². The van der Waals surface area contributed by atoms with Gasteiger partial charge >= 0.3 is 19.5 Å². The van der Waals surface area contributed by atoms with Crippen LogP contribution in [0.25, 0.3) is 6.08 Å². The van der Waals surface area contributed by atoms with Crippen molar-refractivity contribution in [2.45, 2.75) is 32.3 Å². The Hall–Kier alpha value is -1.53. The number of unbranched alkanes of at least 4 members (excludes halogenated alkanes) is 1. The number of aliphatic hydroxyl groups excluding tert-OH is 1. The molecule has 0 amide bonds. The summed E-state index contributed by atoms with van der Waals surface area (Å²) in [6.07, 6.45) is 5.99. The first-order chi connectivity index (χ1) is 8.97. The molecule has 0 aliphatic carbocycles. The number of aromatic nitrogens is 2. The van der Waals surface area contributed by atoms with Gasteiger partial charge in [0.1, 0.15) is 0 Å². The first-order valence-corrected chi connectivity index (χ1v) is 5.74. The smallest absolute Gasteiger partial charge is 0.547 e. The van der Waals surface area contributed by atoms with E-state index in [1.54, 1.807) is 6.20 Å². The number of hydrogen-bond donors (Lipinski definition) is 2. The second-order valence-electron chi connectivity index (χ2n) is 3.62. The molecule has 1 atom stereocenters. The summed E-state index contributed by atoms with van der Waals surface area (Å²) in [4.78, 5) is 26.1. The fourth-order valence-corrected chi connectivity index (χ4v) is 1.03. The number of rotatable bonds is 6. The number of carboxylic acids is 2. The topological polar surface area (TPSA) is 129 Å². The van der Waals surface area contributed by atoms with Crippen molar-refractivity contribution in [2.75, 3.05) is 0 Å². The molecule has 0 aliphatic rings. The van der Waals surface area contributed by atoms with Crippen molar-refractivity contribution in [1.29, 1.82) is 0 Å². The minimum absolute atomic E-state index is 0. The standard InChI is InChI=1S/C6H6N2O2.C6H12O3.Zn/c9-6(10)2-1-5-3-7-4-8-5;1-2-3-4-5(7)6(8)9;/h1-4H,(H,7,8)(H,9,10);5,7H,2-4H2,1H3,(H,8,9);/q;;+2/p-2. The largest absolute Gasteiger partial charge is 2.00 e. The molecular weight excluding hydrogens is 318 g/mol. The summed E-state index contributed by atoms with van der Waals surface area (Å²) in [5.74, 6) is -2.59. The van der Waals surface area contributed by atoms with Crippen LogP contribution < -0.4 is 10.2 Å². The average molecular weight is 334 g/mol. The van der Waals surface area contributed by atoms with Crippen LogP contribution in [-0.4, -0.2) is 33.1 Å². The quantitative estimate of drug-likeness (QED) is 0.479. The van der Waals surface area contributed by atoms with Crippen molar-refractivity contribution in [2.24, 2.45) is 0 Å². The second-order valence-corrected chi connectivity index (χ2v) is 3.62. The summed E-state index contributed by atoms with van der Waals surface area (Å²) in [5.41, 5.74) is 0.573. The van der Waals surface area contributed by atoms with Crippen LogP contribution in [0.4, 0.5) is 0 Å². The van der Waals surface area contributed by atoms with Gasteiger partial charge in [-0.3, -0.25) is 0 Å². The summed E-state index contributed by atoms with van der Waals surface area (Å²) in [5, 5.41) is 28.3. The Morgan fingerprint density at radius 2 is 2.15 bits per heavy atom. The average Bonchev–Trinajstić information content (AvgIpc) is 2.87. The van der Waals surface area contributed by atoms with Crippen molar-refractivity contribution in [1.82, 2.24) is 9.97 Å². The number of H-pyrrole nitrogens is 1. The molecule has 1 unspecified atom stereocenters. The Balaban J connectivity index is 0. The zero-order valence-corrected chi connectivity index (χ0v) is 14.2. The zero-order chi connectivity index (χ0) is 14.7. The molecule has 0 radical (unpaired) electrons. The number of nitrogens with zero attached hydrogens (tertiary/aromatic N) is 1. The van der Waals surface area contributed by atoms with E-state index in [9.17, 15) is 19.8 Å². The summed E-state index contributed by atoms with van der Waals surface area (Å²) in [7, 11) is 0. The van der Waals surface area contributed by atoms with E-state index in [0.29, 0.717) is 12.1 Å². The molecular formula is C12H16N2O5Zn. The maximum Gasteiger partial charge on any atom is 2.00 e. The number of aliphatic carboxylic acids is 2. The number of carboxylic acid groups (broad SMARTS) is 2. The Morgan fingerprint density at radius 1 is 1.50 bits per heavy atom. The molecule has 1 aromatic rings. The molecule has 2 N–H and O–H groups in total. The molecule has 7 nitrogen and oxygen atoms in total. The maximum absolute atomic E-state index is 9.86. The van der Waals surface area contributed by atoms with Gasteiger partial charge in [0.25, 0.3) is 0 Å². The van der Waals surface area contributed by atoms with Crippen molar-refractivity contribution >= 4 is 18.0 Å². The monoisotopic (exact) mass is 332 g/mol. The van der Waals surface area contributed by atoms with Gasteiger partial charge in [0.05, 0.1) is 30.1 Å². The predicted molar refractivity (Wildman–Crippen MR) is 63.2 cm³/mol. The first-order valence-electron chi connectivity index (χ1n) is 5.74. The van der Waals surface area contributed by atoms with Gasteiger partial charge in [-0.2, -0.15) is 0 Å². The Bertz CT molecular complexity index is 406. The van der Waals surface area contributed by atoms with Crippen molar-refractivity contribution in [3.63, 3.8) is 0 Å². The summed E-state index contributed by atoms with van der Waals surface area (Å²) in [6, 6.07) is 0. The summed E-state index contributed by atoms with van der Waals surface area (Å²) < 4.78 is 0. The third kappa shape index (κ3) is 11.6. The predicted octanol–water partition coefficient (Wildman–Crippen LogP) is -1.54. The Kier molecular flexibility index (Phi) is 13.0. The molecule has 1 rings (SSSR count). The maximum atomic E-state index is 9.86. The van der Waals surface area contributed by atoms with Gasteiger partial charge in [0.15, 0.2) is 0 Å². The number of carbonyl (C=O) groups is 2. The molecule has 0 aliphatic heterocycles. The van der Waals surface area contributed by atoms with E-state index >= 15 is 0 Å². The number of hydrogen-bond acceptors (Lipinski definition) is 6. The molecule has 8 heteroatoms. The fourth-order valence-electron chi connectivity index (χ4n) is 1.03. The van der Waals surface area contributed by atoms with E-state index in [2.05, 4.69) is 9.97 Å². The van der Waals surface area contributed by atoms with E-state index in [1.165, 1.54) is 12.4 Å². The molecule has 0 aromatic carbocycles. The minimum atomic E-state index is -1.37. The molecule has 1 heterocycles. The van der Waals surface area contributed by atoms with Gasteiger partial charge in [0, 0.05) is 6.20 Å². The van der Waals surface area contributed by atoms with Crippen LogP contribution in [0.5, 0.6) is 0 Å². The van der Waals surface area contributed by atoms with Gasteiger partial charge in [-0.05, 0) is 18.6 Å². The van der Waals surface area contributed by atoms with E-state index in [1.807, 2.05) is 6.92 Å². The van der Waals surface area contributed by atoms with Crippen LogP contribution >= 0.6 is 0 Å². The molecule has 0 fully saturated rings. The van der Waals surface area contributed by atoms with E-state index in [4.69, 9.17) is 5.11 Å². The van der Waals surface area contributed by atoms with E-state index < -0.39 is 18.0 Å². The van der Waals surface area contributed by atoms with Crippen LogP contribution in [0.3, 0.4) is 0 Å². The van der Waals surface area contributed by atoms with Crippen LogP contribution in [0, 0.1) is 0 Å². The van der Waals surface area contributed by atoms with Crippen LogP contribution in [0.1, 0.15) is 31.9 Å². The Morgan fingerprint density at radius 3 is 2.55 bits per heavy atom. The molecule has 0 bridgehead atoms. The molecule has 0 saturated heterocycles. The molecule has 106 valence electrons. The van der Waals surface area contributed by atoms with Crippen molar-refractivity contribution < 1.29 is 44.4 Å². The van der Waals surface area contributed by atoms with Gasteiger partial charge in [0.2, 0.25) is 0 Å². The molecule has 0 saturated carbocycles. The summed E-state index contributed by atoms with van der Waals surface area (Å²) >= 11 is 0. The number of aliphatic hydroxyl groups is 1. The summed E-state index contributed by atoms with van der Waals surface area (Å²) in [6.45, 7) is 1.93. The zero-order valence-electron chi connectivity index (χ0n) is 11.2. The van der Waals surface area contributed by atoms with E-state index in [-0.39, 0.29) is 19.5 Å². The number of aromatic amines is 1. The fraction of sp³-hybridized carbons (Fsp3) is 0.417.